The molecule has 2 aromatic carbocycles. The molecule has 0 saturated carbocycles. The van der Waals surface area contributed by atoms with Crippen LogP contribution in [0.2, 0.25) is 10.0 Å². The Morgan fingerprint density at radius 2 is 1.81 bits per heavy atom. The second kappa shape index (κ2) is 7.10. The maximum atomic E-state index is 13.7. The van der Waals surface area contributed by atoms with Crippen molar-refractivity contribution in [3.8, 4) is 0 Å². The van der Waals surface area contributed by atoms with Crippen LogP contribution in [0.15, 0.2) is 53.7 Å². The number of anilines is 1. The molecule has 1 aliphatic carbocycles. The number of nitrogens with zero attached hydrogens (tertiary/aromatic N) is 1. The number of hydrogen-bond acceptors (Lipinski definition) is 2. The van der Waals surface area contributed by atoms with Crippen LogP contribution in [0.4, 0.5) is 10.1 Å². The molecule has 0 fully saturated rings. The van der Waals surface area contributed by atoms with Gasteiger partial charge < -0.3 is 0 Å². The molecule has 0 saturated heterocycles. The lowest BCUT2D eigenvalue weighted by Gasteiger charge is -2.38. The average molecular weight is 404 g/mol. The highest BCUT2D eigenvalue weighted by Crippen LogP contribution is 2.44. The maximum Gasteiger partial charge on any atom is 0.232 e. The zero-order valence-corrected chi connectivity index (χ0v) is 15.9. The summed E-state index contributed by atoms with van der Waals surface area (Å²) in [6.45, 7) is 0. The van der Waals surface area contributed by atoms with Crippen molar-refractivity contribution in [1.29, 1.82) is 0 Å². The number of Topliss-reactive ketones (excluding diaryl/α,β-unsaturated/α-hetero) is 1. The van der Waals surface area contributed by atoms with Gasteiger partial charge in [0, 0.05) is 30.0 Å². The van der Waals surface area contributed by atoms with E-state index in [1.807, 2.05) is 0 Å². The first-order chi connectivity index (χ1) is 13.0. The number of rotatable bonds is 2. The van der Waals surface area contributed by atoms with E-state index in [0.29, 0.717) is 51.8 Å². The Balaban J connectivity index is 1.87. The SMILES string of the molecule is O=C1CCCC2=C1C(c1cccc(F)c1)CC(=O)N2c1ccc(Cl)c(Cl)c1. The molecular formula is C21H16Cl2FNO2. The van der Waals surface area contributed by atoms with Gasteiger partial charge in [-0.25, -0.2) is 4.39 Å². The van der Waals surface area contributed by atoms with Gasteiger partial charge in [-0.2, -0.15) is 0 Å². The fraction of sp³-hybridized carbons (Fsp3) is 0.238. The third-order valence-electron chi connectivity index (χ3n) is 5.09. The Hall–Kier alpha value is -2.17. The Morgan fingerprint density at radius 3 is 2.56 bits per heavy atom. The van der Waals surface area contributed by atoms with Crippen molar-refractivity contribution in [1.82, 2.24) is 0 Å². The molecule has 138 valence electrons. The molecule has 0 radical (unpaired) electrons. The van der Waals surface area contributed by atoms with Gasteiger partial charge in [0.15, 0.2) is 5.78 Å². The Labute approximate surface area is 166 Å². The van der Waals surface area contributed by atoms with E-state index in [2.05, 4.69) is 0 Å². The van der Waals surface area contributed by atoms with E-state index in [-0.39, 0.29) is 23.9 Å². The molecule has 6 heteroatoms. The molecule has 1 aliphatic heterocycles. The third kappa shape index (κ3) is 3.28. The van der Waals surface area contributed by atoms with Crippen molar-refractivity contribution in [3.05, 3.63) is 75.2 Å². The monoisotopic (exact) mass is 403 g/mol. The summed E-state index contributed by atoms with van der Waals surface area (Å²) < 4.78 is 13.7. The summed E-state index contributed by atoms with van der Waals surface area (Å²) in [7, 11) is 0. The summed E-state index contributed by atoms with van der Waals surface area (Å²) in [6, 6.07) is 11.1. The Kier molecular flexibility index (Phi) is 4.79. The van der Waals surface area contributed by atoms with Crippen LogP contribution in [0.1, 0.15) is 37.2 Å². The van der Waals surface area contributed by atoms with Crippen molar-refractivity contribution in [2.75, 3.05) is 4.90 Å². The van der Waals surface area contributed by atoms with E-state index < -0.39 is 5.92 Å². The summed E-state index contributed by atoms with van der Waals surface area (Å²) in [4.78, 5) is 27.4. The van der Waals surface area contributed by atoms with E-state index in [4.69, 9.17) is 23.2 Å². The number of carbonyl (C=O) groups excluding carboxylic acids is 2. The lowest BCUT2D eigenvalue weighted by molar-refractivity contribution is -0.119. The number of benzene rings is 2. The van der Waals surface area contributed by atoms with E-state index in [9.17, 15) is 14.0 Å². The number of halogens is 3. The minimum absolute atomic E-state index is 0.0167. The van der Waals surface area contributed by atoms with Gasteiger partial charge in [0.25, 0.3) is 0 Å². The molecule has 1 amide bonds. The summed E-state index contributed by atoms with van der Waals surface area (Å²) in [5.41, 5.74) is 2.54. The molecule has 2 aromatic rings. The van der Waals surface area contributed by atoms with E-state index in [1.54, 1.807) is 35.2 Å². The van der Waals surface area contributed by atoms with E-state index in [0.717, 1.165) is 0 Å². The van der Waals surface area contributed by atoms with Gasteiger partial charge in [0.2, 0.25) is 5.91 Å². The first kappa shape index (κ1) is 18.2. The molecule has 4 rings (SSSR count). The first-order valence-electron chi connectivity index (χ1n) is 8.75. The second-order valence-electron chi connectivity index (χ2n) is 6.78. The molecular weight excluding hydrogens is 388 g/mol. The van der Waals surface area contributed by atoms with Crippen LogP contribution in [0, 0.1) is 5.82 Å². The standard InChI is InChI=1S/C21H16Cl2FNO2/c22-16-8-7-14(10-17(16)23)25-18-5-2-6-19(26)21(18)15(11-20(25)27)12-3-1-4-13(24)9-12/h1,3-4,7-10,15H,2,5-6,11H2. The van der Waals surface area contributed by atoms with Crippen LogP contribution in [-0.4, -0.2) is 11.7 Å². The lowest BCUT2D eigenvalue weighted by Crippen LogP contribution is -2.40. The van der Waals surface area contributed by atoms with Gasteiger partial charge in [-0.3, -0.25) is 14.5 Å². The molecule has 0 N–H and O–H groups in total. The first-order valence-corrected chi connectivity index (χ1v) is 9.51. The van der Waals surface area contributed by atoms with Gasteiger partial charge in [-0.1, -0.05) is 35.3 Å². The molecule has 2 aliphatic rings. The van der Waals surface area contributed by atoms with E-state index >= 15 is 0 Å². The van der Waals surface area contributed by atoms with Gasteiger partial charge in [0.1, 0.15) is 5.82 Å². The molecule has 0 bridgehead atoms. The molecule has 0 spiro atoms. The van der Waals surface area contributed by atoms with Crippen LogP contribution in [0.5, 0.6) is 0 Å². The zero-order valence-electron chi connectivity index (χ0n) is 14.3. The van der Waals surface area contributed by atoms with Crippen LogP contribution in [0.3, 0.4) is 0 Å². The van der Waals surface area contributed by atoms with Crippen LogP contribution in [-0.2, 0) is 9.59 Å². The van der Waals surface area contributed by atoms with Crippen molar-refractivity contribution >= 4 is 40.6 Å². The minimum atomic E-state index is -0.421. The predicted octanol–water partition coefficient (Wildman–Crippen LogP) is 5.66. The highest BCUT2D eigenvalue weighted by atomic mass is 35.5. The number of carbonyl (C=O) groups is 2. The summed E-state index contributed by atoms with van der Waals surface area (Å²) in [5.74, 6) is -0.925. The average Bonchev–Trinajstić information content (AvgIpc) is 2.64. The fourth-order valence-electron chi connectivity index (χ4n) is 3.92. The molecule has 3 nitrogen and oxygen atoms in total. The molecule has 1 heterocycles. The highest BCUT2D eigenvalue weighted by Gasteiger charge is 2.39. The molecule has 27 heavy (non-hydrogen) atoms. The zero-order chi connectivity index (χ0) is 19.1. The summed E-state index contributed by atoms with van der Waals surface area (Å²) in [6.07, 6.45) is 1.83. The van der Waals surface area contributed by atoms with Crippen molar-refractivity contribution < 1.29 is 14.0 Å². The van der Waals surface area contributed by atoms with Crippen molar-refractivity contribution in [2.24, 2.45) is 0 Å². The minimum Gasteiger partial charge on any atom is -0.294 e. The Bertz CT molecular complexity index is 986. The topological polar surface area (TPSA) is 37.4 Å². The van der Waals surface area contributed by atoms with Gasteiger partial charge in [0.05, 0.1) is 15.7 Å². The summed E-state index contributed by atoms with van der Waals surface area (Å²) in [5, 5.41) is 0.745. The molecule has 1 atom stereocenters. The largest absolute Gasteiger partial charge is 0.294 e. The van der Waals surface area contributed by atoms with Crippen LogP contribution >= 0.6 is 23.2 Å². The van der Waals surface area contributed by atoms with Crippen molar-refractivity contribution in [3.63, 3.8) is 0 Å². The van der Waals surface area contributed by atoms with Gasteiger partial charge >= 0.3 is 0 Å². The molecule has 0 aromatic heterocycles. The van der Waals surface area contributed by atoms with Crippen LogP contribution in [0.25, 0.3) is 0 Å². The number of allylic oxidation sites excluding steroid dienone is 2. The van der Waals surface area contributed by atoms with Crippen molar-refractivity contribution in [2.45, 2.75) is 31.6 Å². The van der Waals surface area contributed by atoms with Crippen LogP contribution < -0.4 is 4.90 Å². The van der Waals surface area contributed by atoms with Gasteiger partial charge in [-0.05, 0) is 48.7 Å². The quantitative estimate of drug-likeness (QED) is 0.648. The highest BCUT2D eigenvalue weighted by molar-refractivity contribution is 6.42. The lowest BCUT2D eigenvalue weighted by atomic mass is 9.77. The van der Waals surface area contributed by atoms with E-state index in [1.165, 1.54) is 12.1 Å². The number of ketones is 1. The molecule has 1 unspecified atom stereocenters. The fourth-order valence-corrected chi connectivity index (χ4v) is 4.22. The summed E-state index contributed by atoms with van der Waals surface area (Å²) >= 11 is 12.1. The Morgan fingerprint density at radius 1 is 1.00 bits per heavy atom. The smallest absolute Gasteiger partial charge is 0.232 e. The normalized spacial score (nSPS) is 20.1. The second-order valence-corrected chi connectivity index (χ2v) is 7.59. The third-order valence-corrected chi connectivity index (χ3v) is 5.83. The number of hydrogen-bond donors (Lipinski definition) is 0. The number of amides is 1. The predicted molar refractivity (Wildman–Crippen MR) is 104 cm³/mol. The maximum absolute atomic E-state index is 13.7. The van der Waals surface area contributed by atoms with Gasteiger partial charge in [-0.15, -0.1) is 0 Å².